The average molecular weight is 365 g/mol. The lowest BCUT2D eigenvalue weighted by Gasteiger charge is -2.16. The van der Waals surface area contributed by atoms with Gasteiger partial charge in [-0.1, -0.05) is 18.2 Å². The third-order valence-electron chi connectivity index (χ3n) is 5.14. The van der Waals surface area contributed by atoms with Crippen molar-refractivity contribution in [2.45, 2.75) is 46.1 Å². The molecule has 1 amide bonds. The molecule has 1 aromatic carbocycles. The summed E-state index contributed by atoms with van der Waals surface area (Å²) in [5, 5.41) is 2.87. The summed E-state index contributed by atoms with van der Waals surface area (Å²) in [6.45, 7) is 6.57. The summed E-state index contributed by atoms with van der Waals surface area (Å²) in [6.07, 6.45) is 4.68. The molecule has 0 spiro atoms. The van der Waals surface area contributed by atoms with Crippen LogP contribution >= 0.6 is 0 Å². The monoisotopic (exact) mass is 365 g/mol. The molecule has 0 aliphatic carbocycles. The minimum absolute atomic E-state index is 0.00452. The van der Waals surface area contributed by atoms with Crippen LogP contribution in [0.25, 0.3) is 0 Å². The van der Waals surface area contributed by atoms with Crippen molar-refractivity contribution in [2.24, 2.45) is 0 Å². The number of aromatic nitrogens is 1. The number of nitrogens with zero attached hydrogens (tertiary/aromatic N) is 2. The van der Waals surface area contributed by atoms with Crippen molar-refractivity contribution in [3.05, 3.63) is 58.8 Å². The van der Waals surface area contributed by atoms with E-state index in [9.17, 15) is 9.59 Å². The van der Waals surface area contributed by atoms with Gasteiger partial charge in [0.25, 0.3) is 0 Å². The summed E-state index contributed by atoms with van der Waals surface area (Å²) in [5.41, 5.74) is 3.89. The molecule has 2 aromatic rings. The Kier molecular flexibility index (Phi) is 6.22. The van der Waals surface area contributed by atoms with Gasteiger partial charge in [0, 0.05) is 44.2 Å². The summed E-state index contributed by atoms with van der Waals surface area (Å²) in [4.78, 5) is 31.1. The van der Waals surface area contributed by atoms with E-state index in [0.717, 1.165) is 35.6 Å². The molecule has 3 rings (SSSR count). The molecule has 27 heavy (non-hydrogen) atoms. The van der Waals surface area contributed by atoms with Crippen molar-refractivity contribution in [1.29, 1.82) is 0 Å². The van der Waals surface area contributed by atoms with Crippen molar-refractivity contribution in [1.82, 2.24) is 10.3 Å². The summed E-state index contributed by atoms with van der Waals surface area (Å²) in [6, 6.07) is 9.68. The number of rotatable bonds is 7. The van der Waals surface area contributed by atoms with E-state index in [2.05, 4.69) is 15.2 Å². The smallest absolute Gasteiger partial charge is 0.220 e. The van der Waals surface area contributed by atoms with Crippen LogP contribution in [0.15, 0.2) is 36.5 Å². The molecule has 2 heterocycles. The van der Waals surface area contributed by atoms with Gasteiger partial charge in [0.2, 0.25) is 5.91 Å². The minimum Gasteiger partial charge on any atom is -0.357 e. The first kappa shape index (κ1) is 19.1. The van der Waals surface area contributed by atoms with Crippen LogP contribution in [0.2, 0.25) is 0 Å². The Labute approximate surface area is 160 Å². The van der Waals surface area contributed by atoms with Crippen LogP contribution in [0.3, 0.4) is 0 Å². The highest BCUT2D eigenvalue weighted by atomic mass is 16.2. The Balaban J connectivity index is 1.43. The molecule has 1 aliphatic heterocycles. The van der Waals surface area contributed by atoms with Crippen LogP contribution in [0.4, 0.5) is 5.82 Å². The SMILES string of the molecule is Cc1ccc(C(=O)CCC(=O)NCc2ccc(N3CCCC3)nc2)cc1C. The number of anilines is 1. The highest BCUT2D eigenvalue weighted by Gasteiger charge is 2.13. The molecule has 0 unspecified atom stereocenters. The van der Waals surface area contributed by atoms with Gasteiger partial charge in [-0.25, -0.2) is 4.98 Å². The molecule has 0 bridgehead atoms. The fourth-order valence-corrected chi connectivity index (χ4v) is 3.23. The van der Waals surface area contributed by atoms with Crippen LogP contribution in [0.5, 0.6) is 0 Å². The van der Waals surface area contributed by atoms with Crippen molar-refractivity contribution in [3.8, 4) is 0 Å². The summed E-state index contributed by atoms with van der Waals surface area (Å²) in [5.74, 6) is 0.891. The average Bonchev–Trinajstić information content (AvgIpc) is 3.22. The number of pyridine rings is 1. The number of carbonyl (C=O) groups excluding carboxylic acids is 2. The molecule has 1 N–H and O–H groups in total. The summed E-state index contributed by atoms with van der Waals surface area (Å²) in [7, 11) is 0. The van der Waals surface area contributed by atoms with Gasteiger partial charge in [0.05, 0.1) is 0 Å². The molecule has 1 saturated heterocycles. The second-order valence-electron chi connectivity index (χ2n) is 7.22. The third kappa shape index (κ3) is 5.16. The largest absolute Gasteiger partial charge is 0.357 e. The van der Waals surface area contributed by atoms with Gasteiger partial charge in [-0.15, -0.1) is 0 Å². The molecule has 0 saturated carbocycles. The Morgan fingerprint density at radius 2 is 1.81 bits per heavy atom. The van der Waals surface area contributed by atoms with E-state index < -0.39 is 0 Å². The van der Waals surface area contributed by atoms with Crippen molar-refractivity contribution >= 4 is 17.5 Å². The van der Waals surface area contributed by atoms with Crippen LogP contribution in [-0.2, 0) is 11.3 Å². The first-order chi connectivity index (χ1) is 13.0. The maximum absolute atomic E-state index is 12.3. The molecule has 0 radical (unpaired) electrons. The van der Waals surface area contributed by atoms with Gasteiger partial charge < -0.3 is 10.2 Å². The Morgan fingerprint density at radius 3 is 2.48 bits per heavy atom. The topological polar surface area (TPSA) is 62.3 Å². The number of amides is 1. The van der Waals surface area contributed by atoms with Gasteiger partial charge in [0.1, 0.15) is 5.82 Å². The molecule has 1 fully saturated rings. The van der Waals surface area contributed by atoms with E-state index in [1.54, 1.807) is 0 Å². The van der Waals surface area contributed by atoms with Crippen molar-refractivity contribution < 1.29 is 9.59 Å². The minimum atomic E-state index is -0.115. The molecule has 0 atom stereocenters. The predicted octanol–water partition coefficient (Wildman–Crippen LogP) is 3.58. The second kappa shape index (κ2) is 8.80. The molecule has 1 aliphatic rings. The predicted molar refractivity (Wildman–Crippen MR) is 107 cm³/mol. The normalized spacial score (nSPS) is 13.6. The number of Topliss-reactive ketones (excluding diaryl/α,β-unsaturated/α-hetero) is 1. The summed E-state index contributed by atoms with van der Waals surface area (Å²) < 4.78 is 0. The lowest BCUT2D eigenvalue weighted by molar-refractivity contribution is -0.121. The quantitative estimate of drug-likeness (QED) is 0.762. The fourth-order valence-electron chi connectivity index (χ4n) is 3.23. The number of hydrogen-bond donors (Lipinski definition) is 1. The second-order valence-corrected chi connectivity index (χ2v) is 7.22. The van der Waals surface area contributed by atoms with Gasteiger partial charge in [-0.3, -0.25) is 9.59 Å². The summed E-state index contributed by atoms with van der Waals surface area (Å²) >= 11 is 0. The number of carbonyl (C=O) groups is 2. The number of benzene rings is 1. The molecular weight excluding hydrogens is 338 g/mol. The van der Waals surface area contributed by atoms with Crippen molar-refractivity contribution in [3.63, 3.8) is 0 Å². The number of ketones is 1. The first-order valence-corrected chi connectivity index (χ1v) is 9.60. The van der Waals surface area contributed by atoms with E-state index in [4.69, 9.17) is 0 Å². The zero-order valence-electron chi connectivity index (χ0n) is 16.1. The lowest BCUT2D eigenvalue weighted by Crippen LogP contribution is -2.23. The molecule has 1 aromatic heterocycles. The van der Waals surface area contributed by atoms with Crippen LogP contribution in [-0.4, -0.2) is 29.8 Å². The first-order valence-electron chi connectivity index (χ1n) is 9.60. The van der Waals surface area contributed by atoms with E-state index in [1.807, 2.05) is 50.4 Å². The standard InChI is InChI=1S/C22H27N3O2/c1-16-5-7-19(13-17(16)2)20(26)8-10-22(27)24-15-18-6-9-21(23-14-18)25-11-3-4-12-25/h5-7,9,13-14H,3-4,8,10-12,15H2,1-2H3,(H,24,27). The highest BCUT2D eigenvalue weighted by molar-refractivity contribution is 5.98. The fraction of sp³-hybridized carbons (Fsp3) is 0.409. The lowest BCUT2D eigenvalue weighted by atomic mass is 10.0. The van der Waals surface area contributed by atoms with Crippen molar-refractivity contribution in [2.75, 3.05) is 18.0 Å². The van der Waals surface area contributed by atoms with Gasteiger partial charge in [0.15, 0.2) is 5.78 Å². The van der Waals surface area contributed by atoms with E-state index >= 15 is 0 Å². The van der Waals surface area contributed by atoms with Gasteiger partial charge >= 0.3 is 0 Å². The Hall–Kier alpha value is -2.69. The molecular formula is C22H27N3O2. The molecule has 5 nitrogen and oxygen atoms in total. The van der Waals surface area contributed by atoms with Crippen LogP contribution < -0.4 is 10.2 Å². The number of nitrogens with one attached hydrogen (secondary N) is 1. The Morgan fingerprint density at radius 1 is 1.04 bits per heavy atom. The van der Waals surface area contributed by atoms with Crippen LogP contribution in [0, 0.1) is 13.8 Å². The van der Waals surface area contributed by atoms with E-state index in [-0.39, 0.29) is 24.5 Å². The highest BCUT2D eigenvalue weighted by Crippen LogP contribution is 2.17. The maximum atomic E-state index is 12.3. The molecule has 142 valence electrons. The zero-order chi connectivity index (χ0) is 19.2. The molecule has 5 heteroatoms. The van der Waals surface area contributed by atoms with Gasteiger partial charge in [-0.2, -0.15) is 0 Å². The maximum Gasteiger partial charge on any atom is 0.220 e. The van der Waals surface area contributed by atoms with E-state index in [0.29, 0.717) is 12.1 Å². The zero-order valence-corrected chi connectivity index (χ0v) is 16.1. The number of aryl methyl sites for hydroxylation is 2. The van der Waals surface area contributed by atoms with E-state index in [1.165, 1.54) is 12.8 Å². The van der Waals surface area contributed by atoms with Gasteiger partial charge in [-0.05, 0) is 55.5 Å². The third-order valence-corrected chi connectivity index (χ3v) is 5.14. The number of hydrogen-bond acceptors (Lipinski definition) is 4. The van der Waals surface area contributed by atoms with Crippen LogP contribution in [0.1, 0.15) is 52.7 Å². The Bertz CT molecular complexity index is 809.